The van der Waals surface area contributed by atoms with Crippen molar-refractivity contribution in [2.45, 2.75) is 12.5 Å². The molecule has 6 nitrogen and oxygen atoms in total. The Kier molecular flexibility index (Phi) is 3.03. The molecule has 0 aliphatic carbocycles. The van der Waals surface area contributed by atoms with Gasteiger partial charge >= 0.3 is 0 Å². The largest absolute Gasteiger partial charge is 0.357 e. The number of benzene rings is 1. The minimum atomic E-state index is -0.664. The first-order valence-electron chi connectivity index (χ1n) is 6.47. The third-order valence-electron chi connectivity index (χ3n) is 3.54. The Labute approximate surface area is 121 Å². The monoisotopic (exact) mass is 280 g/mol. The molecule has 1 unspecified atom stereocenters. The van der Waals surface area contributed by atoms with E-state index in [1.54, 1.807) is 6.07 Å². The molecule has 0 bridgehead atoms. The van der Waals surface area contributed by atoms with Crippen molar-refractivity contribution in [3.63, 3.8) is 0 Å². The van der Waals surface area contributed by atoms with Crippen molar-refractivity contribution in [1.29, 1.82) is 5.26 Å². The summed E-state index contributed by atoms with van der Waals surface area (Å²) in [7, 11) is 1.45. The lowest BCUT2D eigenvalue weighted by Gasteiger charge is -2.13. The molecule has 1 aromatic heterocycles. The van der Waals surface area contributed by atoms with Crippen LogP contribution in [0.15, 0.2) is 30.3 Å². The molecule has 1 atom stereocenters. The van der Waals surface area contributed by atoms with Gasteiger partial charge in [-0.15, -0.1) is 0 Å². The van der Waals surface area contributed by atoms with Gasteiger partial charge in [0.2, 0.25) is 5.91 Å². The van der Waals surface area contributed by atoms with Gasteiger partial charge in [-0.2, -0.15) is 5.26 Å². The van der Waals surface area contributed by atoms with Gasteiger partial charge in [0.25, 0.3) is 5.91 Å². The van der Waals surface area contributed by atoms with Crippen LogP contribution in [0.4, 0.5) is 5.82 Å². The van der Waals surface area contributed by atoms with Crippen molar-refractivity contribution in [3.8, 4) is 6.07 Å². The fourth-order valence-corrected chi connectivity index (χ4v) is 2.34. The maximum atomic E-state index is 11.9. The highest BCUT2D eigenvalue weighted by atomic mass is 16.2. The zero-order chi connectivity index (χ0) is 15.0. The number of nitriles is 1. The summed E-state index contributed by atoms with van der Waals surface area (Å²) in [5.41, 5.74) is 1.08. The van der Waals surface area contributed by atoms with Crippen molar-refractivity contribution >= 4 is 28.5 Å². The van der Waals surface area contributed by atoms with E-state index >= 15 is 0 Å². The molecule has 1 aliphatic heterocycles. The summed E-state index contributed by atoms with van der Waals surface area (Å²) < 4.78 is 0. The zero-order valence-electron chi connectivity index (χ0n) is 11.3. The van der Waals surface area contributed by atoms with Gasteiger partial charge in [-0.25, -0.2) is 4.98 Å². The van der Waals surface area contributed by atoms with Gasteiger partial charge in [0.1, 0.15) is 17.9 Å². The van der Waals surface area contributed by atoms with E-state index in [4.69, 9.17) is 0 Å². The number of hydrogen-bond acceptors (Lipinski definition) is 5. The Morgan fingerprint density at radius 2 is 2.14 bits per heavy atom. The maximum absolute atomic E-state index is 11.9. The Morgan fingerprint density at radius 1 is 1.38 bits per heavy atom. The summed E-state index contributed by atoms with van der Waals surface area (Å²) in [6.45, 7) is 0. The highest BCUT2D eigenvalue weighted by Crippen LogP contribution is 2.22. The van der Waals surface area contributed by atoms with E-state index in [-0.39, 0.29) is 18.2 Å². The first-order chi connectivity index (χ1) is 10.1. The van der Waals surface area contributed by atoms with E-state index in [2.05, 4.69) is 16.4 Å². The smallest absolute Gasteiger partial charge is 0.251 e. The molecule has 1 N–H and O–H groups in total. The molecule has 1 saturated heterocycles. The molecule has 104 valence electrons. The summed E-state index contributed by atoms with van der Waals surface area (Å²) in [4.78, 5) is 28.9. The summed E-state index contributed by atoms with van der Waals surface area (Å²) in [5, 5.41) is 13.0. The van der Waals surface area contributed by atoms with Crippen LogP contribution < -0.4 is 5.32 Å². The number of likely N-dealkylation sites (tertiary alicyclic amines) is 1. The average Bonchev–Trinajstić information content (AvgIpc) is 2.74. The number of anilines is 1. The molecule has 0 spiro atoms. The Hall–Kier alpha value is -2.94. The summed E-state index contributed by atoms with van der Waals surface area (Å²) in [6.07, 6.45) is 0.0781. The van der Waals surface area contributed by atoms with E-state index in [0.717, 1.165) is 15.8 Å². The van der Waals surface area contributed by atoms with Gasteiger partial charge in [0.05, 0.1) is 17.5 Å². The fourth-order valence-electron chi connectivity index (χ4n) is 2.34. The lowest BCUT2D eigenvalue weighted by Crippen LogP contribution is -2.32. The molecule has 0 radical (unpaired) electrons. The van der Waals surface area contributed by atoms with E-state index in [9.17, 15) is 14.9 Å². The SMILES string of the molecule is CN1C(=O)CC(Nc2nc3ccccc3cc2C#N)C1=O. The number of amides is 2. The molecule has 1 fully saturated rings. The fraction of sp³-hybridized carbons (Fsp3) is 0.200. The van der Waals surface area contributed by atoms with Crippen LogP contribution in [0.2, 0.25) is 0 Å². The van der Waals surface area contributed by atoms with Crippen LogP contribution in [-0.2, 0) is 9.59 Å². The number of nitrogens with zero attached hydrogens (tertiary/aromatic N) is 3. The minimum Gasteiger partial charge on any atom is -0.357 e. The number of likely N-dealkylation sites (N-methyl/N-ethyl adjacent to an activating group) is 1. The normalized spacial score (nSPS) is 18.1. The second-order valence-corrected chi connectivity index (χ2v) is 4.88. The first kappa shape index (κ1) is 13.1. The van der Waals surface area contributed by atoms with Gasteiger partial charge in [-0.3, -0.25) is 14.5 Å². The summed E-state index contributed by atoms with van der Waals surface area (Å²) in [5.74, 6) is -0.215. The number of nitrogens with one attached hydrogen (secondary N) is 1. The van der Waals surface area contributed by atoms with Gasteiger partial charge in [0, 0.05) is 12.4 Å². The quantitative estimate of drug-likeness (QED) is 0.837. The topological polar surface area (TPSA) is 86.1 Å². The number of carbonyl (C=O) groups is 2. The predicted octanol–water partition coefficient (Wildman–Crippen LogP) is 1.28. The molecular weight excluding hydrogens is 268 g/mol. The van der Waals surface area contributed by atoms with Gasteiger partial charge in [0.15, 0.2) is 0 Å². The van der Waals surface area contributed by atoms with Crippen LogP contribution in [0.5, 0.6) is 0 Å². The zero-order valence-corrected chi connectivity index (χ0v) is 11.3. The van der Waals surface area contributed by atoms with Crippen LogP contribution >= 0.6 is 0 Å². The molecule has 1 aliphatic rings. The number of carbonyl (C=O) groups excluding carboxylic acids is 2. The van der Waals surface area contributed by atoms with Gasteiger partial charge < -0.3 is 5.32 Å². The number of para-hydroxylation sites is 1. The standard InChI is InChI=1S/C15H12N4O2/c1-19-13(20)7-12(15(19)21)18-14-10(8-16)6-9-4-2-3-5-11(9)17-14/h2-6,12H,7H2,1H3,(H,17,18). The van der Waals surface area contributed by atoms with Crippen LogP contribution in [0.1, 0.15) is 12.0 Å². The lowest BCUT2D eigenvalue weighted by molar-refractivity contribution is -0.136. The molecule has 2 heterocycles. The summed E-state index contributed by atoms with van der Waals surface area (Å²) >= 11 is 0. The Bertz CT molecular complexity index is 794. The number of hydrogen-bond donors (Lipinski definition) is 1. The molecule has 3 rings (SSSR count). The van der Waals surface area contributed by atoms with Crippen molar-refractivity contribution in [2.75, 3.05) is 12.4 Å². The van der Waals surface area contributed by atoms with Crippen molar-refractivity contribution in [1.82, 2.24) is 9.88 Å². The predicted molar refractivity (Wildman–Crippen MR) is 76.3 cm³/mol. The number of pyridine rings is 1. The molecule has 6 heteroatoms. The lowest BCUT2D eigenvalue weighted by atomic mass is 10.1. The average molecular weight is 280 g/mol. The van der Waals surface area contributed by atoms with E-state index in [0.29, 0.717) is 11.4 Å². The van der Waals surface area contributed by atoms with Crippen molar-refractivity contribution < 1.29 is 9.59 Å². The highest BCUT2D eigenvalue weighted by molar-refractivity contribution is 6.06. The second-order valence-electron chi connectivity index (χ2n) is 4.88. The third-order valence-corrected chi connectivity index (χ3v) is 3.54. The molecule has 0 saturated carbocycles. The number of fused-ring (bicyclic) bond motifs is 1. The van der Waals surface area contributed by atoms with E-state index in [1.807, 2.05) is 24.3 Å². The number of rotatable bonds is 2. The number of aromatic nitrogens is 1. The second kappa shape index (κ2) is 4.87. The van der Waals surface area contributed by atoms with Crippen LogP contribution in [-0.4, -0.2) is 34.8 Å². The molecule has 2 aromatic rings. The van der Waals surface area contributed by atoms with Crippen LogP contribution in [0.3, 0.4) is 0 Å². The van der Waals surface area contributed by atoms with Crippen molar-refractivity contribution in [2.24, 2.45) is 0 Å². The molecule has 21 heavy (non-hydrogen) atoms. The number of imide groups is 1. The van der Waals surface area contributed by atoms with Crippen LogP contribution in [0, 0.1) is 11.3 Å². The molecular formula is C15H12N4O2. The van der Waals surface area contributed by atoms with E-state index in [1.165, 1.54) is 7.05 Å². The third kappa shape index (κ3) is 2.19. The molecule has 1 aromatic carbocycles. The minimum absolute atomic E-state index is 0.0781. The van der Waals surface area contributed by atoms with Crippen molar-refractivity contribution in [3.05, 3.63) is 35.9 Å². The maximum Gasteiger partial charge on any atom is 0.251 e. The van der Waals surface area contributed by atoms with Gasteiger partial charge in [-0.1, -0.05) is 18.2 Å². The Balaban J connectivity index is 1.99. The first-order valence-corrected chi connectivity index (χ1v) is 6.47. The van der Waals surface area contributed by atoms with E-state index < -0.39 is 6.04 Å². The highest BCUT2D eigenvalue weighted by Gasteiger charge is 2.36. The van der Waals surface area contributed by atoms with Crippen LogP contribution in [0.25, 0.3) is 10.9 Å². The Morgan fingerprint density at radius 3 is 2.81 bits per heavy atom. The molecule has 2 amide bonds. The summed E-state index contributed by atoms with van der Waals surface area (Å²) in [6, 6.07) is 10.5. The van der Waals surface area contributed by atoms with Gasteiger partial charge in [-0.05, 0) is 12.1 Å².